The van der Waals surface area contributed by atoms with Crippen LogP contribution in [0.4, 0.5) is 0 Å². The standard InChI is InChI=1S/C19H14N4O2.ClH/c1-2-8-20-14(4-1)11-23-18(22-15-5-3-9-21-19(15)23)13-6-7-16-17(10-13)25-12-24-16;/h1-10H,11-12H2;1H. The molecule has 0 N–H and O–H groups in total. The fourth-order valence-electron chi connectivity index (χ4n) is 3.02. The van der Waals surface area contributed by atoms with E-state index in [1.165, 1.54) is 0 Å². The summed E-state index contributed by atoms with van der Waals surface area (Å²) >= 11 is 0. The van der Waals surface area contributed by atoms with E-state index in [1.54, 1.807) is 12.4 Å². The van der Waals surface area contributed by atoms with Crippen LogP contribution in [0.3, 0.4) is 0 Å². The Kier molecular flexibility index (Phi) is 4.18. The molecule has 7 heteroatoms. The molecule has 5 rings (SSSR count). The Labute approximate surface area is 155 Å². The van der Waals surface area contributed by atoms with Gasteiger partial charge in [0, 0.05) is 18.0 Å². The average molecular weight is 367 g/mol. The zero-order chi connectivity index (χ0) is 16.6. The molecule has 0 fully saturated rings. The molecular weight excluding hydrogens is 352 g/mol. The van der Waals surface area contributed by atoms with E-state index in [0.717, 1.165) is 39.7 Å². The van der Waals surface area contributed by atoms with E-state index in [1.807, 2.05) is 48.5 Å². The lowest BCUT2D eigenvalue weighted by Gasteiger charge is -2.09. The van der Waals surface area contributed by atoms with Crippen LogP contribution in [0, 0.1) is 0 Å². The molecule has 0 saturated carbocycles. The van der Waals surface area contributed by atoms with Crippen molar-refractivity contribution in [3.8, 4) is 22.9 Å². The number of hydrogen-bond acceptors (Lipinski definition) is 5. The van der Waals surface area contributed by atoms with Gasteiger partial charge < -0.3 is 14.0 Å². The molecule has 130 valence electrons. The molecule has 0 atom stereocenters. The number of imidazole rings is 1. The van der Waals surface area contributed by atoms with Crippen LogP contribution in [0.5, 0.6) is 11.5 Å². The number of fused-ring (bicyclic) bond motifs is 2. The zero-order valence-electron chi connectivity index (χ0n) is 13.7. The normalized spacial score (nSPS) is 12.2. The van der Waals surface area contributed by atoms with E-state index >= 15 is 0 Å². The van der Waals surface area contributed by atoms with E-state index in [-0.39, 0.29) is 19.2 Å². The number of halogens is 1. The minimum atomic E-state index is 0. The molecule has 0 saturated heterocycles. The highest BCUT2D eigenvalue weighted by Gasteiger charge is 2.18. The Bertz CT molecular complexity index is 1070. The molecule has 4 heterocycles. The second-order valence-corrected chi connectivity index (χ2v) is 5.76. The number of pyridine rings is 2. The Morgan fingerprint density at radius 3 is 2.69 bits per heavy atom. The summed E-state index contributed by atoms with van der Waals surface area (Å²) in [7, 11) is 0. The summed E-state index contributed by atoms with van der Waals surface area (Å²) in [5, 5.41) is 0. The summed E-state index contributed by atoms with van der Waals surface area (Å²) in [6.07, 6.45) is 3.57. The molecule has 4 aromatic rings. The van der Waals surface area contributed by atoms with Crippen molar-refractivity contribution >= 4 is 23.6 Å². The highest BCUT2D eigenvalue weighted by atomic mass is 35.5. The van der Waals surface area contributed by atoms with E-state index in [2.05, 4.69) is 14.5 Å². The van der Waals surface area contributed by atoms with Crippen molar-refractivity contribution in [2.75, 3.05) is 6.79 Å². The van der Waals surface area contributed by atoms with Crippen LogP contribution in [0.1, 0.15) is 5.69 Å². The minimum Gasteiger partial charge on any atom is -0.454 e. The number of aromatic nitrogens is 4. The van der Waals surface area contributed by atoms with Gasteiger partial charge in [0.1, 0.15) is 11.3 Å². The molecule has 3 aromatic heterocycles. The first-order valence-electron chi connectivity index (χ1n) is 8.00. The summed E-state index contributed by atoms with van der Waals surface area (Å²) in [5.41, 5.74) is 3.60. The first-order valence-corrected chi connectivity index (χ1v) is 8.00. The third kappa shape index (κ3) is 2.74. The molecule has 0 bridgehead atoms. The van der Waals surface area contributed by atoms with Crippen molar-refractivity contribution < 1.29 is 9.47 Å². The van der Waals surface area contributed by atoms with Gasteiger partial charge in [-0.25, -0.2) is 9.97 Å². The predicted molar refractivity (Wildman–Crippen MR) is 99.7 cm³/mol. The maximum Gasteiger partial charge on any atom is 0.231 e. The molecule has 1 aliphatic rings. The average Bonchev–Trinajstić information content (AvgIpc) is 3.27. The molecular formula is C19H15ClN4O2. The zero-order valence-corrected chi connectivity index (χ0v) is 14.5. The van der Waals surface area contributed by atoms with Gasteiger partial charge in [-0.1, -0.05) is 6.07 Å². The molecule has 0 radical (unpaired) electrons. The monoisotopic (exact) mass is 366 g/mol. The van der Waals surface area contributed by atoms with Crippen molar-refractivity contribution in [3.05, 3.63) is 66.6 Å². The summed E-state index contributed by atoms with van der Waals surface area (Å²) < 4.78 is 13.0. The summed E-state index contributed by atoms with van der Waals surface area (Å²) in [6, 6.07) is 15.6. The lowest BCUT2D eigenvalue weighted by molar-refractivity contribution is 0.174. The van der Waals surface area contributed by atoms with Crippen LogP contribution in [-0.4, -0.2) is 26.3 Å². The van der Waals surface area contributed by atoms with E-state index < -0.39 is 0 Å². The van der Waals surface area contributed by atoms with Crippen LogP contribution in [0.25, 0.3) is 22.6 Å². The fourth-order valence-corrected chi connectivity index (χ4v) is 3.02. The SMILES string of the molecule is Cl.c1ccc(Cn2c(-c3ccc4c(c3)OCO4)nc3cccnc32)nc1. The number of benzene rings is 1. The Morgan fingerprint density at radius 1 is 0.923 bits per heavy atom. The van der Waals surface area contributed by atoms with E-state index in [9.17, 15) is 0 Å². The first-order chi connectivity index (χ1) is 12.4. The molecule has 0 amide bonds. The van der Waals surface area contributed by atoms with Crippen LogP contribution in [0.2, 0.25) is 0 Å². The molecule has 1 aromatic carbocycles. The van der Waals surface area contributed by atoms with Gasteiger partial charge in [-0.3, -0.25) is 4.98 Å². The van der Waals surface area contributed by atoms with Gasteiger partial charge >= 0.3 is 0 Å². The van der Waals surface area contributed by atoms with Crippen molar-refractivity contribution in [1.29, 1.82) is 0 Å². The summed E-state index contributed by atoms with van der Waals surface area (Å²) in [5.74, 6) is 2.33. The van der Waals surface area contributed by atoms with Gasteiger partial charge in [-0.05, 0) is 42.5 Å². The van der Waals surface area contributed by atoms with Gasteiger partial charge in [0.15, 0.2) is 17.1 Å². The van der Waals surface area contributed by atoms with Gasteiger partial charge in [-0.2, -0.15) is 0 Å². The maximum absolute atomic E-state index is 5.51. The Balaban J connectivity index is 0.00000168. The summed E-state index contributed by atoms with van der Waals surface area (Å²) in [4.78, 5) is 13.7. The van der Waals surface area contributed by atoms with Gasteiger partial charge in [0.05, 0.1) is 12.2 Å². The quantitative estimate of drug-likeness (QED) is 0.553. The predicted octanol–water partition coefficient (Wildman–Crippen LogP) is 3.69. The summed E-state index contributed by atoms with van der Waals surface area (Å²) in [6.45, 7) is 0.850. The van der Waals surface area contributed by atoms with Crippen LogP contribution < -0.4 is 9.47 Å². The van der Waals surface area contributed by atoms with Crippen molar-refractivity contribution in [1.82, 2.24) is 19.5 Å². The Morgan fingerprint density at radius 2 is 1.81 bits per heavy atom. The number of nitrogens with zero attached hydrogens (tertiary/aromatic N) is 4. The third-order valence-corrected chi connectivity index (χ3v) is 4.18. The molecule has 6 nitrogen and oxygen atoms in total. The lowest BCUT2D eigenvalue weighted by Crippen LogP contribution is -2.04. The van der Waals surface area contributed by atoms with Crippen molar-refractivity contribution in [2.24, 2.45) is 0 Å². The molecule has 1 aliphatic heterocycles. The fraction of sp³-hybridized carbons (Fsp3) is 0.105. The molecule has 26 heavy (non-hydrogen) atoms. The van der Waals surface area contributed by atoms with Crippen LogP contribution in [0.15, 0.2) is 60.9 Å². The third-order valence-electron chi connectivity index (χ3n) is 4.18. The van der Waals surface area contributed by atoms with Crippen molar-refractivity contribution in [2.45, 2.75) is 6.54 Å². The highest BCUT2D eigenvalue weighted by Crippen LogP contribution is 2.36. The number of ether oxygens (including phenoxy) is 2. The van der Waals surface area contributed by atoms with Crippen LogP contribution in [-0.2, 0) is 6.54 Å². The maximum atomic E-state index is 5.51. The molecule has 0 aliphatic carbocycles. The van der Waals surface area contributed by atoms with Gasteiger partial charge in [0.25, 0.3) is 0 Å². The second kappa shape index (κ2) is 6.65. The molecule has 0 unspecified atom stereocenters. The Hall–Kier alpha value is -3.12. The minimum absolute atomic E-state index is 0. The number of hydrogen-bond donors (Lipinski definition) is 0. The highest BCUT2D eigenvalue weighted by molar-refractivity contribution is 5.85. The molecule has 0 spiro atoms. The van der Waals surface area contributed by atoms with E-state index in [4.69, 9.17) is 14.5 Å². The van der Waals surface area contributed by atoms with E-state index in [0.29, 0.717) is 6.54 Å². The largest absolute Gasteiger partial charge is 0.454 e. The number of rotatable bonds is 3. The second-order valence-electron chi connectivity index (χ2n) is 5.76. The topological polar surface area (TPSA) is 62.1 Å². The smallest absolute Gasteiger partial charge is 0.231 e. The first kappa shape index (κ1) is 16.4. The van der Waals surface area contributed by atoms with Crippen LogP contribution >= 0.6 is 12.4 Å². The van der Waals surface area contributed by atoms with Gasteiger partial charge in [0.2, 0.25) is 6.79 Å². The van der Waals surface area contributed by atoms with Crippen molar-refractivity contribution in [3.63, 3.8) is 0 Å². The van der Waals surface area contributed by atoms with Gasteiger partial charge in [-0.15, -0.1) is 12.4 Å². The lowest BCUT2D eigenvalue weighted by atomic mass is 10.2.